The molecule has 0 atom stereocenters. The van der Waals surface area contributed by atoms with Crippen LogP contribution in [0.25, 0.3) is 11.1 Å². The van der Waals surface area contributed by atoms with Gasteiger partial charge in [0.1, 0.15) is 12.4 Å². The lowest BCUT2D eigenvalue weighted by Gasteiger charge is -2.20. The SMILES string of the molecule is Cl.OCCNCCOc1ccc(/C(=C(\c2ccccc2)C(F)(F)F)c2ccccc2)cc1. The number of halogens is 4. The molecule has 170 valence electrons. The molecule has 0 bridgehead atoms. The number of allylic oxidation sites excluding steroid dienone is 1. The topological polar surface area (TPSA) is 41.5 Å². The van der Waals surface area contributed by atoms with Gasteiger partial charge in [-0.1, -0.05) is 72.8 Å². The molecule has 32 heavy (non-hydrogen) atoms. The Morgan fingerprint density at radius 1 is 0.750 bits per heavy atom. The third kappa shape index (κ3) is 6.85. The molecule has 0 spiro atoms. The lowest BCUT2D eigenvalue weighted by Crippen LogP contribution is -2.23. The molecule has 2 N–H and O–H groups in total. The Balaban J connectivity index is 0.00000363. The van der Waals surface area contributed by atoms with Crippen LogP contribution in [0.15, 0.2) is 84.9 Å². The van der Waals surface area contributed by atoms with E-state index in [4.69, 9.17) is 9.84 Å². The van der Waals surface area contributed by atoms with Gasteiger partial charge in [-0.15, -0.1) is 12.4 Å². The average Bonchev–Trinajstić information content (AvgIpc) is 2.78. The number of hydrogen-bond donors (Lipinski definition) is 2. The van der Waals surface area contributed by atoms with Gasteiger partial charge in [-0.3, -0.25) is 0 Å². The van der Waals surface area contributed by atoms with Crippen molar-refractivity contribution in [1.82, 2.24) is 5.32 Å². The first-order valence-electron chi connectivity index (χ1n) is 9.98. The summed E-state index contributed by atoms with van der Waals surface area (Å²) in [6.07, 6.45) is -4.54. The highest BCUT2D eigenvalue weighted by Gasteiger charge is 2.38. The molecule has 3 aromatic rings. The smallest absolute Gasteiger partial charge is 0.417 e. The maximum atomic E-state index is 14.3. The van der Waals surface area contributed by atoms with Gasteiger partial charge in [0.15, 0.2) is 0 Å². The first-order chi connectivity index (χ1) is 15.0. The van der Waals surface area contributed by atoms with E-state index in [1.807, 2.05) is 0 Å². The van der Waals surface area contributed by atoms with Gasteiger partial charge in [0, 0.05) is 18.7 Å². The van der Waals surface area contributed by atoms with Gasteiger partial charge in [-0.25, -0.2) is 0 Å². The average molecular weight is 464 g/mol. The van der Waals surface area contributed by atoms with Crippen LogP contribution < -0.4 is 10.1 Å². The summed E-state index contributed by atoms with van der Waals surface area (Å²) in [5.41, 5.74) is 0.495. The largest absolute Gasteiger partial charge is 0.492 e. The van der Waals surface area contributed by atoms with Crippen LogP contribution in [0.2, 0.25) is 0 Å². The minimum Gasteiger partial charge on any atom is -0.492 e. The summed E-state index contributed by atoms with van der Waals surface area (Å²) < 4.78 is 48.4. The number of alkyl halides is 3. The molecular weight excluding hydrogens is 439 g/mol. The lowest BCUT2D eigenvalue weighted by molar-refractivity contribution is -0.0685. The number of nitrogens with one attached hydrogen (secondary N) is 1. The fourth-order valence-electron chi connectivity index (χ4n) is 3.28. The molecule has 0 amide bonds. The maximum Gasteiger partial charge on any atom is 0.417 e. The molecule has 0 saturated heterocycles. The highest BCUT2D eigenvalue weighted by Crippen LogP contribution is 2.42. The van der Waals surface area contributed by atoms with E-state index in [1.54, 1.807) is 72.8 Å². The zero-order valence-electron chi connectivity index (χ0n) is 17.3. The van der Waals surface area contributed by atoms with Gasteiger partial charge in [-0.2, -0.15) is 13.2 Å². The molecule has 0 radical (unpaired) electrons. The summed E-state index contributed by atoms with van der Waals surface area (Å²) in [5.74, 6) is 0.565. The van der Waals surface area contributed by atoms with Crippen molar-refractivity contribution in [2.75, 3.05) is 26.3 Å². The van der Waals surface area contributed by atoms with Gasteiger partial charge < -0.3 is 15.2 Å². The number of rotatable bonds is 9. The van der Waals surface area contributed by atoms with E-state index in [-0.39, 0.29) is 30.2 Å². The Kier molecular flexibility index (Phi) is 9.78. The van der Waals surface area contributed by atoms with Crippen LogP contribution in [0.3, 0.4) is 0 Å². The molecule has 0 aliphatic rings. The summed E-state index contributed by atoms with van der Waals surface area (Å²) in [6.45, 7) is 1.47. The van der Waals surface area contributed by atoms with Crippen molar-refractivity contribution in [1.29, 1.82) is 0 Å². The maximum absolute atomic E-state index is 14.3. The molecule has 3 aromatic carbocycles. The monoisotopic (exact) mass is 463 g/mol. The standard InChI is InChI=1S/C25H24F3NO2.ClH/c26-25(27,28)24(21-9-5-2-6-10-21)23(19-7-3-1-4-8-19)20-11-13-22(14-12-20)31-18-16-29-15-17-30;/h1-14,29-30H,15-18H2;1H/b24-23+;. The normalized spacial score (nSPS) is 12.0. The van der Waals surface area contributed by atoms with E-state index < -0.39 is 11.7 Å². The molecule has 0 aliphatic heterocycles. The number of hydrogen-bond acceptors (Lipinski definition) is 3. The molecule has 0 aliphatic carbocycles. The van der Waals surface area contributed by atoms with Crippen LogP contribution in [-0.2, 0) is 0 Å². The van der Waals surface area contributed by atoms with Gasteiger partial charge in [0.25, 0.3) is 0 Å². The van der Waals surface area contributed by atoms with Gasteiger partial charge in [0.2, 0.25) is 0 Å². The molecule has 0 heterocycles. The van der Waals surface area contributed by atoms with Crippen molar-refractivity contribution in [3.63, 3.8) is 0 Å². The Morgan fingerprint density at radius 3 is 1.81 bits per heavy atom. The zero-order chi connectivity index (χ0) is 22.1. The predicted octanol–water partition coefficient (Wildman–Crippen LogP) is 5.59. The Hall–Kier alpha value is -2.80. The van der Waals surface area contributed by atoms with Crippen molar-refractivity contribution >= 4 is 23.6 Å². The van der Waals surface area contributed by atoms with Crippen LogP contribution in [-0.4, -0.2) is 37.6 Å². The van der Waals surface area contributed by atoms with Crippen LogP contribution in [0.4, 0.5) is 13.2 Å². The summed E-state index contributed by atoms with van der Waals surface area (Å²) in [6, 6.07) is 23.1. The van der Waals surface area contributed by atoms with Gasteiger partial charge in [-0.05, 0) is 28.8 Å². The molecule has 3 nitrogen and oxygen atoms in total. The first-order valence-corrected chi connectivity index (χ1v) is 9.98. The van der Waals surface area contributed by atoms with Crippen molar-refractivity contribution in [2.24, 2.45) is 0 Å². The number of aliphatic hydroxyl groups is 1. The molecule has 0 aromatic heterocycles. The minimum atomic E-state index is -4.54. The summed E-state index contributed by atoms with van der Waals surface area (Å²) in [4.78, 5) is 0. The van der Waals surface area contributed by atoms with Crippen LogP contribution in [0, 0.1) is 0 Å². The first kappa shape index (κ1) is 25.5. The van der Waals surface area contributed by atoms with Crippen LogP contribution >= 0.6 is 12.4 Å². The van der Waals surface area contributed by atoms with Crippen LogP contribution in [0.5, 0.6) is 5.75 Å². The Labute approximate surface area is 192 Å². The second kappa shape index (κ2) is 12.3. The van der Waals surface area contributed by atoms with E-state index in [0.717, 1.165) is 0 Å². The fourth-order valence-corrected chi connectivity index (χ4v) is 3.28. The van der Waals surface area contributed by atoms with Crippen LogP contribution in [0.1, 0.15) is 16.7 Å². The molecule has 0 saturated carbocycles. The number of aliphatic hydroxyl groups excluding tert-OH is 1. The second-order valence-electron chi connectivity index (χ2n) is 6.83. The van der Waals surface area contributed by atoms with E-state index in [0.29, 0.717) is 36.6 Å². The second-order valence-corrected chi connectivity index (χ2v) is 6.83. The van der Waals surface area contributed by atoms with Crippen molar-refractivity contribution in [3.05, 3.63) is 102 Å². The summed E-state index contributed by atoms with van der Waals surface area (Å²) >= 11 is 0. The third-order valence-electron chi connectivity index (χ3n) is 4.64. The number of benzene rings is 3. The quantitative estimate of drug-likeness (QED) is 0.321. The molecule has 0 unspecified atom stereocenters. The fraction of sp³-hybridized carbons (Fsp3) is 0.200. The zero-order valence-corrected chi connectivity index (χ0v) is 18.1. The van der Waals surface area contributed by atoms with Gasteiger partial charge >= 0.3 is 6.18 Å². The molecule has 3 rings (SSSR count). The van der Waals surface area contributed by atoms with Crippen molar-refractivity contribution in [2.45, 2.75) is 6.18 Å². The number of ether oxygens (including phenoxy) is 1. The van der Waals surface area contributed by atoms with E-state index in [1.165, 1.54) is 12.1 Å². The molecule has 7 heteroatoms. The lowest BCUT2D eigenvalue weighted by atomic mass is 9.89. The minimum absolute atomic E-state index is 0. The van der Waals surface area contributed by atoms with Gasteiger partial charge in [0.05, 0.1) is 12.2 Å². The Bertz CT molecular complexity index is 976. The van der Waals surface area contributed by atoms with E-state index in [2.05, 4.69) is 5.32 Å². The highest BCUT2D eigenvalue weighted by molar-refractivity contribution is 6.00. The van der Waals surface area contributed by atoms with Crippen molar-refractivity contribution < 1.29 is 23.0 Å². The summed E-state index contributed by atoms with van der Waals surface area (Å²) in [5, 5.41) is 11.8. The predicted molar refractivity (Wildman–Crippen MR) is 124 cm³/mol. The third-order valence-corrected chi connectivity index (χ3v) is 4.64. The summed E-state index contributed by atoms with van der Waals surface area (Å²) in [7, 11) is 0. The molecule has 0 fully saturated rings. The molecular formula is C25H25ClF3NO2. The highest BCUT2D eigenvalue weighted by atomic mass is 35.5. The van der Waals surface area contributed by atoms with E-state index in [9.17, 15) is 13.2 Å². The Morgan fingerprint density at radius 2 is 1.28 bits per heavy atom. The van der Waals surface area contributed by atoms with Crippen molar-refractivity contribution in [3.8, 4) is 5.75 Å². The van der Waals surface area contributed by atoms with E-state index >= 15 is 0 Å².